The minimum Gasteiger partial charge on any atom is -0.484 e. The first-order valence-electron chi connectivity index (χ1n) is 7.97. The van der Waals surface area contributed by atoms with Gasteiger partial charge in [0.25, 0.3) is 5.82 Å². The van der Waals surface area contributed by atoms with Gasteiger partial charge in [-0.3, -0.25) is 4.48 Å². The molecule has 0 radical (unpaired) electrons. The van der Waals surface area contributed by atoms with Crippen molar-refractivity contribution in [3.63, 3.8) is 0 Å². The molecule has 1 amide bonds. The van der Waals surface area contributed by atoms with Crippen LogP contribution in [0, 0.1) is 0 Å². The van der Waals surface area contributed by atoms with Crippen LogP contribution in [0.25, 0.3) is 0 Å². The molecule has 1 aromatic heterocycles. The van der Waals surface area contributed by atoms with Crippen LogP contribution in [0.2, 0.25) is 0 Å². The molecular weight excluding hydrogens is 294 g/mol. The molecule has 1 aliphatic heterocycles. The normalized spacial score (nSPS) is 18.3. The molecule has 0 saturated carbocycles. The number of likely N-dealkylation sites (tertiary alicyclic amines) is 1. The maximum Gasteiger partial charge on any atom is 0.410 e. The first kappa shape index (κ1) is 17.5. The summed E-state index contributed by atoms with van der Waals surface area (Å²) >= 11 is 0. The number of carbonyl (C=O) groups excluding carboxylic acids is 1. The largest absolute Gasteiger partial charge is 0.484 e. The Hall–Kier alpha value is -1.82. The highest BCUT2D eigenvalue weighted by Gasteiger charge is 2.36. The Morgan fingerprint density at radius 3 is 2.61 bits per heavy atom. The van der Waals surface area contributed by atoms with E-state index in [1.807, 2.05) is 54.0 Å². The highest BCUT2D eigenvalue weighted by molar-refractivity contribution is 5.69. The van der Waals surface area contributed by atoms with Crippen molar-refractivity contribution in [2.75, 3.05) is 34.3 Å². The second kappa shape index (κ2) is 6.35. The summed E-state index contributed by atoms with van der Waals surface area (Å²) in [5.41, 5.74) is -0.474. The molecule has 0 spiro atoms. The molecule has 1 fully saturated rings. The van der Waals surface area contributed by atoms with E-state index in [0.717, 1.165) is 24.5 Å². The van der Waals surface area contributed by atoms with E-state index in [9.17, 15) is 4.79 Å². The third-order valence-electron chi connectivity index (χ3n) is 3.59. The Morgan fingerprint density at radius 1 is 1.39 bits per heavy atom. The van der Waals surface area contributed by atoms with E-state index >= 15 is 0 Å². The molecule has 2 heterocycles. The van der Waals surface area contributed by atoms with Gasteiger partial charge in [0.2, 0.25) is 5.75 Å². The zero-order valence-electron chi connectivity index (χ0n) is 15.0. The fourth-order valence-corrected chi connectivity index (χ4v) is 2.36. The van der Waals surface area contributed by atoms with Gasteiger partial charge in [0, 0.05) is 12.7 Å². The van der Waals surface area contributed by atoms with Crippen molar-refractivity contribution in [3.8, 4) is 5.75 Å². The average Bonchev–Trinajstić information content (AvgIpc) is 2.34. The number of quaternary nitrogens is 1. The molecule has 6 heteroatoms. The third kappa shape index (κ3) is 4.58. The van der Waals surface area contributed by atoms with Crippen molar-refractivity contribution in [2.24, 2.45) is 0 Å². The molecule has 23 heavy (non-hydrogen) atoms. The third-order valence-corrected chi connectivity index (χ3v) is 3.59. The Kier molecular flexibility index (Phi) is 4.84. The van der Waals surface area contributed by atoms with Gasteiger partial charge in [0.1, 0.15) is 12.2 Å². The maximum absolute atomic E-state index is 12.1. The molecule has 0 N–H and O–H groups in total. The van der Waals surface area contributed by atoms with Gasteiger partial charge in [-0.25, -0.2) is 9.78 Å². The van der Waals surface area contributed by atoms with E-state index in [0.29, 0.717) is 11.1 Å². The fourth-order valence-electron chi connectivity index (χ4n) is 2.36. The van der Waals surface area contributed by atoms with Crippen molar-refractivity contribution >= 4 is 11.9 Å². The Morgan fingerprint density at radius 2 is 2.09 bits per heavy atom. The van der Waals surface area contributed by atoms with Gasteiger partial charge in [-0.15, -0.1) is 0 Å². The van der Waals surface area contributed by atoms with Gasteiger partial charge in [-0.2, -0.15) is 0 Å². The lowest BCUT2D eigenvalue weighted by Gasteiger charge is -2.41. The molecule has 1 saturated heterocycles. The van der Waals surface area contributed by atoms with E-state index in [2.05, 4.69) is 4.98 Å². The first-order chi connectivity index (χ1) is 10.6. The van der Waals surface area contributed by atoms with Crippen LogP contribution in [0.1, 0.15) is 27.2 Å². The average molecular weight is 322 g/mol. The van der Waals surface area contributed by atoms with Crippen molar-refractivity contribution in [2.45, 2.75) is 38.8 Å². The number of rotatable bonds is 4. The summed E-state index contributed by atoms with van der Waals surface area (Å²) in [5, 5.41) is 0. The SMILES string of the molecule is CC(C)(C)OC(=O)N1CC[C@H]1COc1cccnc1[N+](C)(C)C. The van der Waals surface area contributed by atoms with E-state index in [4.69, 9.17) is 9.47 Å². The van der Waals surface area contributed by atoms with Gasteiger partial charge in [-0.05, 0) is 39.3 Å². The smallest absolute Gasteiger partial charge is 0.410 e. The standard InChI is InChI=1S/C17H28N3O3/c1-17(2,3)23-16(21)19-11-9-13(19)12-22-14-8-7-10-18-15(14)20(4,5)6/h7-8,10,13H,9,11-12H2,1-6H3/q+1/t13-/m0/s1. The minimum atomic E-state index is -0.474. The van der Waals surface area contributed by atoms with Crippen molar-refractivity contribution in [3.05, 3.63) is 18.3 Å². The molecule has 1 aromatic rings. The highest BCUT2D eigenvalue weighted by Crippen LogP contribution is 2.28. The van der Waals surface area contributed by atoms with E-state index in [-0.39, 0.29) is 12.1 Å². The lowest BCUT2D eigenvalue weighted by Crippen LogP contribution is -2.55. The van der Waals surface area contributed by atoms with E-state index in [1.54, 1.807) is 11.1 Å². The number of hydrogen-bond donors (Lipinski definition) is 0. The molecule has 128 valence electrons. The molecule has 0 aromatic carbocycles. The van der Waals surface area contributed by atoms with Crippen molar-refractivity contribution in [1.29, 1.82) is 0 Å². The quantitative estimate of drug-likeness (QED) is 0.800. The maximum atomic E-state index is 12.1. The molecule has 0 aliphatic carbocycles. The summed E-state index contributed by atoms with van der Waals surface area (Å²) < 4.78 is 11.9. The Balaban J connectivity index is 1.96. The summed E-state index contributed by atoms with van der Waals surface area (Å²) in [7, 11) is 6.14. The van der Waals surface area contributed by atoms with Gasteiger partial charge < -0.3 is 14.4 Å². The summed E-state index contributed by atoms with van der Waals surface area (Å²) in [6, 6.07) is 3.84. The molecular formula is C17H28N3O3+. The summed E-state index contributed by atoms with van der Waals surface area (Å²) in [5.74, 6) is 1.63. The zero-order valence-corrected chi connectivity index (χ0v) is 15.0. The number of ether oxygens (including phenoxy) is 2. The summed E-state index contributed by atoms with van der Waals surface area (Å²) in [6.07, 6.45) is 2.43. The van der Waals surface area contributed by atoms with Crippen molar-refractivity contribution in [1.82, 2.24) is 14.4 Å². The topological polar surface area (TPSA) is 51.7 Å². The first-order valence-corrected chi connectivity index (χ1v) is 7.97. The van der Waals surface area contributed by atoms with Crippen LogP contribution in [0.3, 0.4) is 0 Å². The number of pyridine rings is 1. The van der Waals surface area contributed by atoms with Gasteiger partial charge in [-0.1, -0.05) is 0 Å². The Bertz CT molecular complexity index is 561. The van der Waals surface area contributed by atoms with Crippen LogP contribution in [0.15, 0.2) is 18.3 Å². The zero-order chi connectivity index (χ0) is 17.3. The molecule has 6 nitrogen and oxygen atoms in total. The van der Waals surface area contributed by atoms with E-state index < -0.39 is 5.60 Å². The van der Waals surface area contributed by atoms with Crippen molar-refractivity contribution < 1.29 is 14.3 Å². The van der Waals surface area contributed by atoms with Crippen LogP contribution < -0.4 is 9.22 Å². The molecule has 1 atom stereocenters. The predicted octanol–water partition coefficient (Wildman–Crippen LogP) is 2.67. The van der Waals surface area contributed by atoms with Crippen LogP contribution in [-0.2, 0) is 4.74 Å². The summed E-state index contributed by atoms with van der Waals surface area (Å²) in [6.45, 7) is 6.80. The van der Waals surface area contributed by atoms with Gasteiger partial charge >= 0.3 is 6.09 Å². The number of amides is 1. The molecule has 0 unspecified atom stereocenters. The fraction of sp³-hybridized carbons (Fsp3) is 0.647. The minimum absolute atomic E-state index is 0.0605. The highest BCUT2D eigenvalue weighted by atomic mass is 16.6. The molecule has 2 rings (SSSR count). The molecule has 0 bridgehead atoms. The van der Waals surface area contributed by atoms with Crippen LogP contribution >= 0.6 is 0 Å². The van der Waals surface area contributed by atoms with Gasteiger partial charge in [0.05, 0.1) is 27.2 Å². The monoisotopic (exact) mass is 322 g/mol. The number of carbonyl (C=O) groups is 1. The summed E-state index contributed by atoms with van der Waals surface area (Å²) in [4.78, 5) is 18.3. The second-order valence-corrected chi connectivity index (χ2v) is 7.76. The Labute approximate surface area is 138 Å². The lowest BCUT2D eigenvalue weighted by molar-refractivity contribution is -0.0142. The van der Waals surface area contributed by atoms with Crippen LogP contribution in [0.5, 0.6) is 5.75 Å². The number of nitrogens with zero attached hydrogens (tertiary/aromatic N) is 3. The number of hydrogen-bond acceptors (Lipinski definition) is 4. The number of aromatic nitrogens is 1. The van der Waals surface area contributed by atoms with Gasteiger partial charge in [0.15, 0.2) is 0 Å². The lowest BCUT2D eigenvalue weighted by atomic mass is 10.1. The predicted molar refractivity (Wildman–Crippen MR) is 90.6 cm³/mol. The second-order valence-electron chi connectivity index (χ2n) is 7.76. The van der Waals surface area contributed by atoms with Crippen LogP contribution in [-0.4, -0.2) is 61.9 Å². The van der Waals surface area contributed by atoms with E-state index in [1.165, 1.54) is 0 Å². The molecule has 1 aliphatic rings. The van der Waals surface area contributed by atoms with Crippen LogP contribution in [0.4, 0.5) is 10.6 Å².